The SMILES string of the molecule is COc1ccccc1C=Cc1onc(C)c1S(=O)(=O)N1CCC(C(=O)NC2CCCCCC2)CC1. The van der Waals surface area contributed by atoms with Crippen molar-refractivity contribution in [3.8, 4) is 5.75 Å². The zero-order valence-corrected chi connectivity index (χ0v) is 21.4. The van der Waals surface area contributed by atoms with Crippen LogP contribution in [0.4, 0.5) is 0 Å². The molecule has 0 spiro atoms. The van der Waals surface area contributed by atoms with Crippen LogP contribution >= 0.6 is 0 Å². The molecule has 2 heterocycles. The molecule has 0 radical (unpaired) electrons. The average molecular weight is 502 g/mol. The predicted octanol–water partition coefficient (Wildman–Crippen LogP) is 4.40. The Morgan fingerprint density at radius 1 is 1.09 bits per heavy atom. The van der Waals surface area contributed by atoms with Crippen molar-refractivity contribution < 1.29 is 22.5 Å². The molecule has 35 heavy (non-hydrogen) atoms. The molecule has 1 amide bonds. The number of nitrogens with one attached hydrogen (secondary N) is 1. The number of nitrogens with zero attached hydrogens (tertiary/aromatic N) is 2. The number of sulfonamides is 1. The van der Waals surface area contributed by atoms with E-state index in [1.807, 2.05) is 24.3 Å². The molecule has 1 saturated carbocycles. The Morgan fingerprint density at radius 2 is 1.77 bits per heavy atom. The van der Waals surface area contributed by atoms with Gasteiger partial charge in [0, 0.05) is 30.6 Å². The molecule has 190 valence electrons. The van der Waals surface area contributed by atoms with Gasteiger partial charge in [0.15, 0.2) is 10.7 Å². The zero-order chi connectivity index (χ0) is 24.8. The van der Waals surface area contributed by atoms with Gasteiger partial charge in [-0.3, -0.25) is 4.79 Å². The minimum absolute atomic E-state index is 0.0653. The number of carbonyl (C=O) groups is 1. The van der Waals surface area contributed by atoms with E-state index in [4.69, 9.17) is 9.26 Å². The Hall–Kier alpha value is -2.65. The van der Waals surface area contributed by atoms with Crippen molar-refractivity contribution >= 4 is 28.1 Å². The number of methoxy groups -OCH3 is 1. The van der Waals surface area contributed by atoms with Gasteiger partial charge in [0.2, 0.25) is 15.9 Å². The van der Waals surface area contributed by atoms with Gasteiger partial charge in [-0.2, -0.15) is 4.31 Å². The molecule has 1 aliphatic heterocycles. The van der Waals surface area contributed by atoms with Gasteiger partial charge in [0.1, 0.15) is 11.4 Å². The van der Waals surface area contributed by atoms with Gasteiger partial charge in [0.05, 0.1) is 7.11 Å². The minimum atomic E-state index is -3.82. The molecule has 1 aliphatic carbocycles. The molecule has 1 aromatic carbocycles. The molecule has 2 aromatic rings. The number of carbonyl (C=O) groups excluding carboxylic acids is 1. The Balaban J connectivity index is 1.43. The highest BCUT2D eigenvalue weighted by atomic mass is 32.2. The van der Waals surface area contributed by atoms with Crippen LogP contribution in [-0.4, -0.2) is 50.0 Å². The number of aromatic nitrogens is 1. The topological polar surface area (TPSA) is 102 Å². The number of benzene rings is 1. The van der Waals surface area contributed by atoms with E-state index in [0.29, 0.717) is 37.4 Å². The maximum absolute atomic E-state index is 13.5. The third kappa shape index (κ3) is 5.95. The van der Waals surface area contributed by atoms with Gasteiger partial charge in [-0.05, 0) is 50.8 Å². The third-order valence-electron chi connectivity index (χ3n) is 7.01. The summed E-state index contributed by atoms with van der Waals surface area (Å²) < 4.78 is 39.2. The molecule has 8 nitrogen and oxygen atoms in total. The van der Waals surface area contributed by atoms with Crippen LogP contribution in [0.1, 0.15) is 68.4 Å². The predicted molar refractivity (Wildman–Crippen MR) is 134 cm³/mol. The fourth-order valence-corrected chi connectivity index (χ4v) is 6.72. The van der Waals surface area contributed by atoms with Gasteiger partial charge in [-0.1, -0.05) is 49.0 Å². The van der Waals surface area contributed by atoms with Crippen LogP contribution in [0.3, 0.4) is 0 Å². The summed E-state index contributed by atoms with van der Waals surface area (Å²) in [5.41, 5.74) is 1.12. The van der Waals surface area contributed by atoms with Crippen LogP contribution in [0.2, 0.25) is 0 Å². The highest BCUT2D eigenvalue weighted by Crippen LogP contribution is 2.30. The van der Waals surface area contributed by atoms with Crippen molar-refractivity contribution in [1.82, 2.24) is 14.8 Å². The number of hydrogen-bond acceptors (Lipinski definition) is 6. The maximum atomic E-state index is 13.5. The number of amides is 1. The fourth-order valence-electron chi connectivity index (χ4n) is 5.00. The molecule has 0 bridgehead atoms. The van der Waals surface area contributed by atoms with E-state index in [0.717, 1.165) is 31.2 Å². The normalized spacial score (nSPS) is 19.0. The van der Waals surface area contributed by atoms with E-state index >= 15 is 0 Å². The lowest BCUT2D eigenvalue weighted by atomic mass is 9.96. The molecule has 1 aromatic heterocycles. The van der Waals surface area contributed by atoms with E-state index in [9.17, 15) is 13.2 Å². The molecule has 1 N–H and O–H groups in total. The molecule has 2 aliphatic rings. The Bertz CT molecular complexity index is 1140. The summed E-state index contributed by atoms with van der Waals surface area (Å²) in [6.45, 7) is 2.22. The third-order valence-corrected chi connectivity index (χ3v) is 9.07. The van der Waals surface area contributed by atoms with Crippen molar-refractivity contribution in [2.45, 2.75) is 69.2 Å². The highest BCUT2D eigenvalue weighted by Gasteiger charge is 2.36. The smallest absolute Gasteiger partial charge is 0.248 e. The molecule has 2 fully saturated rings. The number of aryl methyl sites for hydroxylation is 1. The van der Waals surface area contributed by atoms with Crippen molar-refractivity contribution in [3.63, 3.8) is 0 Å². The lowest BCUT2D eigenvalue weighted by Gasteiger charge is -2.31. The number of hydrogen-bond donors (Lipinski definition) is 1. The van der Waals surface area contributed by atoms with E-state index < -0.39 is 10.0 Å². The monoisotopic (exact) mass is 501 g/mol. The number of ether oxygens (including phenoxy) is 1. The van der Waals surface area contributed by atoms with Gasteiger partial charge in [-0.15, -0.1) is 0 Å². The van der Waals surface area contributed by atoms with Crippen LogP contribution < -0.4 is 10.1 Å². The molecule has 0 atom stereocenters. The quantitative estimate of drug-likeness (QED) is 0.564. The van der Waals surface area contributed by atoms with Gasteiger partial charge >= 0.3 is 0 Å². The van der Waals surface area contributed by atoms with E-state index in [1.165, 1.54) is 17.1 Å². The summed E-state index contributed by atoms with van der Waals surface area (Å²) in [4.78, 5) is 12.9. The standard InChI is InChI=1S/C26H35N3O5S/c1-19-25(24(34-28-19)14-13-20-9-7-8-12-23(20)33-2)35(31,32)29-17-15-21(16-18-29)26(30)27-22-10-5-3-4-6-11-22/h7-9,12-14,21-22H,3-6,10-11,15-18H2,1-2H3,(H,27,30). The zero-order valence-electron chi connectivity index (χ0n) is 20.5. The van der Waals surface area contributed by atoms with Crippen LogP contribution in [0, 0.1) is 12.8 Å². The molecular weight excluding hydrogens is 466 g/mol. The molecule has 1 saturated heterocycles. The van der Waals surface area contributed by atoms with Gasteiger partial charge in [-0.25, -0.2) is 8.42 Å². The van der Waals surface area contributed by atoms with E-state index in [1.54, 1.807) is 26.2 Å². The van der Waals surface area contributed by atoms with Crippen molar-refractivity contribution in [2.75, 3.05) is 20.2 Å². The first-order valence-electron chi connectivity index (χ1n) is 12.5. The highest BCUT2D eigenvalue weighted by molar-refractivity contribution is 7.89. The summed E-state index contributed by atoms with van der Waals surface area (Å²) in [5.74, 6) is 0.768. The van der Waals surface area contributed by atoms with Crippen LogP contribution in [0.5, 0.6) is 5.75 Å². The molecule has 4 rings (SSSR count). The Morgan fingerprint density at radius 3 is 2.46 bits per heavy atom. The number of para-hydroxylation sites is 1. The first kappa shape index (κ1) is 25.4. The first-order valence-corrected chi connectivity index (χ1v) is 13.9. The molecular formula is C26H35N3O5S. The second kappa shape index (κ2) is 11.4. The minimum Gasteiger partial charge on any atom is -0.496 e. The summed E-state index contributed by atoms with van der Waals surface area (Å²) in [6.07, 6.45) is 11.2. The van der Waals surface area contributed by atoms with Crippen LogP contribution in [-0.2, 0) is 14.8 Å². The second-order valence-electron chi connectivity index (χ2n) is 9.41. The van der Waals surface area contributed by atoms with Crippen LogP contribution in [0.15, 0.2) is 33.7 Å². The first-order chi connectivity index (χ1) is 16.9. The second-order valence-corrected chi connectivity index (χ2v) is 11.3. The summed E-state index contributed by atoms with van der Waals surface area (Å²) in [5, 5.41) is 7.14. The Labute approximate surface area is 207 Å². The molecule has 9 heteroatoms. The van der Waals surface area contributed by atoms with E-state index in [2.05, 4.69) is 10.5 Å². The van der Waals surface area contributed by atoms with E-state index in [-0.39, 0.29) is 28.5 Å². The largest absolute Gasteiger partial charge is 0.496 e. The van der Waals surface area contributed by atoms with Crippen molar-refractivity contribution in [3.05, 3.63) is 41.3 Å². The summed E-state index contributed by atoms with van der Waals surface area (Å²) >= 11 is 0. The summed E-state index contributed by atoms with van der Waals surface area (Å²) in [6, 6.07) is 7.70. The Kier molecular flexibility index (Phi) is 8.28. The van der Waals surface area contributed by atoms with Gasteiger partial charge in [0.25, 0.3) is 0 Å². The van der Waals surface area contributed by atoms with Gasteiger partial charge < -0.3 is 14.6 Å². The number of rotatable bonds is 7. The lowest BCUT2D eigenvalue weighted by molar-refractivity contribution is -0.126. The lowest BCUT2D eigenvalue weighted by Crippen LogP contribution is -2.45. The molecule has 0 unspecified atom stereocenters. The number of piperidine rings is 1. The van der Waals surface area contributed by atoms with Crippen LogP contribution in [0.25, 0.3) is 12.2 Å². The van der Waals surface area contributed by atoms with Crippen molar-refractivity contribution in [1.29, 1.82) is 0 Å². The summed E-state index contributed by atoms with van der Waals surface area (Å²) in [7, 11) is -2.23. The maximum Gasteiger partial charge on any atom is 0.248 e. The van der Waals surface area contributed by atoms with Crippen molar-refractivity contribution in [2.24, 2.45) is 5.92 Å². The fraction of sp³-hybridized carbons (Fsp3) is 0.538. The average Bonchev–Trinajstić information content (AvgIpc) is 3.06.